The summed E-state index contributed by atoms with van der Waals surface area (Å²) in [5.74, 6) is -0.264. The van der Waals surface area contributed by atoms with Crippen LogP contribution in [0, 0.1) is 0 Å². The normalized spacial score (nSPS) is 15.5. The van der Waals surface area contributed by atoms with Crippen molar-refractivity contribution >= 4 is 34.5 Å². The lowest BCUT2D eigenvalue weighted by Crippen LogP contribution is -2.47. The molecule has 0 aliphatic carbocycles. The fraction of sp³-hybridized carbons (Fsp3) is 0.615. The maximum Gasteiger partial charge on any atom is 0.247 e. The fourth-order valence-corrected chi connectivity index (χ4v) is 5.39. The van der Waals surface area contributed by atoms with Crippen molar-refractivity contribution in [1.29, 1.82) is 0 Å². The Balaban J connectivity index is 1.92. The van der Waals surface area contributed by atoms with Gasteiger partial charge in [-0.1, -0.05) is 18.2 Å². The van der Waals surface area contributed by atoms with E-state index in [0.29, 0.717) is 39.5 Å². The molecule has 0 spiro atoms. The molecule has 1 atom stereocenters. The molecule has 2 aromatic rings. The van der Waals surface area contributed by atoms with Gasteiger partial charge >= 0.3 is 0 Å². The van der Waals surface area contributed by atoms with E-state index < -0.39 is 6.04 Å². The third-order valence-corrected chi connectivity index (χ3v) is 7.23. The van der Waals surface area contributed by atoms with Gasteiger partial charge in [-0.25, -0.2) is 0 Å². The van der Waals surface area contributed by atoms with Crippen molar-refractivity contribution in [2.24, 2.45) is 7.05 Å². The van der Waals surface area contributed by atoms with E-state index >= 15 is 0 Å². The number of aromatic nitrogens is 1. The van der Waals surface area contributed by atoms with Crippen molar-refractivity contribution in [1.82, 2.24) is 19.7 Å². The molecule has 194 valence electrons. The van der Waals surface area contributed by atoms with E-state index in [9.17, 15) is 9.59 Å². The van der Waals surface area contributed by atoms with Crippen LogP contribution < -0.4 is 5.32 Å². The van der Waals surface area contributed by atoms with Gasteiger partial charge in [0, 0.05) is 69.8 Å². The lowest BCUT2D eigenvalue weighted by molar-refractivity contribution is -0.139. The number of benzene rings is 1. The lowest BCUT2D eigenvalue weighted by atomic mass is 10.0. The number of nitrogens with zero attached hydrogens (tertiary/aromatic N) is 3. The van der Waals surface area contributed by atoms with Crippen LogP contribution >= 0.6 is 11.8 Å². The Labute approximate surface area is 213 Å². The van der Waals surface area contributed by atoms with E-state index in [4.69, 9.17) is 9.47 Å². The molecule has 1 N–H and O–H groups in total. The summed E-state index contributed by atoms with van der Waals surface area (Å²) in [4.78, 5) is 30.8. The standard InChI is InChI=1S/C26H40N4O4S/c1-19(2)34-16-8-11-27-25(32)24(30(20(3)31)13-12-29-14-17-33-18-15-29)23-21-9-6-7-10-22(21)28(4)26(23)35-5/h6-7,9-10,19,24H,8,11-18H2,1-5H3,(H,27,32). The minimum Gasteiger partial charge on any atom is -0.379 e. The summed E-state index contributed by atoms with van der Waals surface area (Å²) < 4.78 is 13.2. The number of carbonyl (C=O) groups excluding carboxylic acids is 2. The number of thioether (sulfide) groups is 1. The van der Waals surface area contributed by atoms with Gasteiger partial charge in [0.1, 0.15) is 6.04 Å². The van der Waals surface area contributed by atoms with Gasteiger partial charge in [-0.15, -0.1) is 11.8 Å². The summed E-state index contributed by atoms with van der Waals surface area (Å²) >= 11 is 1.60. The highest BCUT2D eigenvalue weighted by atomic mass is 32.2. The first kappa shape index (κ1) is 27.5. The Morgan fingerprint density at radius 3 is 2.60 bits per heavy atom. The molecule has 2 heterocycles. The van der Waals surface area contributed by atoms with Crippen molar-refractivity contribution in [2.75, 3.05) is 58.8 Å². The Morgan fingerprint density at radius 2 is 1.94 bits per heavy atom. The molecule has 1 aromatic heterocycles. The largest absolute Gasteiger partial charge is 0.379 e. The maximum absolute atomic E-state index is 13.8. The number of morpholine rings is 1. The van der Waals surface area contributed by atoms with Gasteiger partial charge in [-0.05, 0) is 32.6 Å². The number of ether oxygens (including phenoxy) is 2. The van der Waals surface area contributed by atoms with Crippen molar-refractivity contribution < 1.29 is 19.1 Å². The monoisotopic (exact) mass is 504 g/mol. The molecular formula is C26H40N4O4S. The van der Waals surface area contributed by atoms with Gasteiger partial charge < -0.3 is 24.3 Å². The Bertz CT molecular complexity index is 987. The second-order valence-electron chi connectivity index (χ2n) is 9.13. The van der Waals surface area contributed by atoms with Crippen LogP contribution in [-0.2, 0) is 26.1 Å². The maximum atomic E-state index is 13.8. The molecule has 9 heteroatoms. The van der Waals surface area contributed by atoms with E-state index in [1.54, 1.807) is 23.6 Å². The smallest absolute Gasteiger partial charge is 0.247 e. The molecule has 1 unspecified atom stereocenters. The van der Waals surface area contributed by atoms with Crippen LogP contribution in [0.2, 0.25) is 0 Å². The Morgan fingerprint density at radius 1 is 1.23 bits per heavy atom. The predicted octanol–water partition coefficient (Wildman–Crippen LogP) is 3.05. The summed E-state index contributed by atoms with van der Waals surface area (Å²) in [6.45, 7) is 10.9. The summed E-state index contributed by atoms with van der Waals surface area (Å²) in [6, 6.07) is 7.37. The number of amides is 2. The molecule has 1 aromatic carbocycles. The number of aryl methyl sites for hydroxylation is 1. The number of nitrogens with one attached hydrogen (secondary N) is 1. The topological polar surface area (TPSA) is 76.0 Å². The number of hydrogen-bond acceptors (Lipinski definition) is 6. The minimum atomic E-state index is -0.715. The molecule has 0 bridgehead atoms. The van der Waals surface area contributed by atoms with Crippen LogP contribution in [0.25, 0.3) is 10.9 Å². The van der Waals surface area contributed by atoms with Gasteiger partial charge in [0.25, 0.3) is 0 Å². The average Bonchev–Trinajstić information content (AvgIpc) is 3.13. The van der Waals surface area contributed by atoms with Crippen molar-refractivity contribution in [2.45, 2.75) is 44.4 Å². The number of rotatable bonds is 12. The predicted molar refractivity (Wildman–Crippen MR) is 141 cm³/mol. The Kier molecular flexibility index (Phi) is 10.5. The zero-order valence-electron chi connectivity index (χ0n) is 21.7. The first-order chi connectivity index (χ1) is 16.8. The number of hydrogen-bond donors (Lipinski definition) is 1. The molecule has 0 radical (unpaired) electrons. The van der Waals surface area contributed by atoms with Crippen LogP contribution in [0.3, 0.4) is 0 Å². The molecule has 3 rings (SSSR count). The van der Waals surface area contributed by atoms with E-state index in [1.165, 1.54) is 0 Å². The third kappa shape index (κ3) is 7.00. The number of para-hydroxylation sites is 1. The number of carbonyl (C=O) groups is 2. The third-order valence-electron chi connectivity index (χ3n) is 6.35. The van der Waals surface area contributed by atoms with Crippen molar-refractivity contribution in [3.63, 3.8) is 0 Å². The highest BCUT2D eigenvalue weighted by molar-refractivity contribution is 7.98. The Hall–Kier alpha value is -2.07. The van der Waals surface area contributed by atoms with Crippen molar-refractivity contribution in [3.8, 4) is 0 Å². The first-order valence-corrected chi connectivity index (χ1v) is 13.7. The fourth-order valence-electron chi connectivity index (χ4n) is 4.58. The molecule has 2 amide bonds. The molecule has 1 fully saturated rings. The molecule has 35 heavy (non-hydrogen) atoms. The van der Waals surface area contributed by atoms with E-state index in [-0.39, 0.29) is 17.9 Å². The summed E-state index contributed by atoms with van der Waals surface area (Å²) in [5, 5.41) is 5.08. The zero-order valence-corrected chi connectivity index (χ0v) is 22.5. The average molecular weight is 505 g/mol. The van der Waals surface area contributed by atoms with E-state index in [0.717, 1.165) is 41.0 Å². The summed E-state index contributed by atoms with van der Waals surface area (Å²) in [7, 11) is 2.02. The van der Waals surface area contributed by atoms with Gasteiger partial charge in [0.2, 0.25) is 11.8 Å². The van der Waals surface area contributed by atoms with E-state index in [1.807, 2.05) is 45.4 Å². The van der Waals surface area contributed by atoms with Crippen LogP contribution in [0.1, 0.15) is 38.8 Å². The lowest BCUT2D eigenvalue weighted by Gasteiger charge is -2.34. The van der Waals surface area contributed by atoms with Gasteiger partial charge in [0.15, 0.2) is 0 Å². The highest BCUT2D eigenvalue weighted by Gasteiger charge is 2.35. The molecule has 0 saturated carbocycles. The quantitative estimate of drug-likeness (QED) is 0.354. The van der Waals surface area contributed by atoms with Gasteiger partial charge in [-0.2, -0.15) is 0 Å². The van der Waals surface area contributed by atoms with Gasteiger partial charge in [0.05, 0.1) is 24.3 Å². The van der Waals surface area contributed by atoms with Crippen LogP contribution in [-0.4, -0.2) is 91.1 Å². The van der Waals surface area contributed by atoms with Crippen LogP contribution in [0.4, 0.5) is 0 Å². The minimum absolute atomic E-state index is 0.110. The zero-order chi connectivity index (χ0) is 25.4. The molecular weight excluding hydrogens is 464 g/mol. The highest BCUT2D eigenvalue weighted by Crippen LogP contribution is 2.38. The van der Waals surface area contributed by atoms with E-state index in [2.05, 4.69) is 20.9 Å². The second-order valence-corrected chi connectivity index (χ2v) is 9.93. The first-order valence-electron chi connectivity index (χ1n) is 12.4. The SMILES string of the molecule is CSc1c(C(C(=O)NCCCOC(C)C)N(CCN2CCOCC2)C(C)=O)c2ccccc2n1C. The van der Waals surface area contributed by atoms with Crippen LogP contribution in [0.15, 0.2) is 29.3 Å². The van der Waals surface area contributed by atoms with Gasteiger partial charge in [-0.3, -0.25) is 14.5 Å². The summed E-state index contributed by atoms with van der Waals surface area (Å²) in [5.41, 5.74) is 1.94. The molecule has 8 nitrogen and oxygen atoms in total. The molecule has 1 aliphatic heterocycles. The summed E-state index contributed by atoms with van der Waals surface area (Å²) in [6.07, 6.45) is 2.89. The second kappa shape index (κ2) is 13.3. The molecule has 1 aliphatic rings. The molecule has 1 saturated heterocycles. The number of fused-ring (bicyclic) bond motifs is 1. The van der Waals surface area contributed by atoms with Crippen LogP contribution in [0.5, 0.6) is 0 Å². The van der Waals surface area contributed by atoms with Crippen molar-refractivity contribution in [3.05, 3.63) is 29.8 Å².